The average Bonchev–Trinajstić information content (AvgIpc) is 2.83. The van der Waals surface area contributed by atoms with E-state index in [4.69, 9.17) is 28.4 Å². The number of rotatable bonds is 7. The Morgan fingerprint density at radius 1 is 0.559 bits per heavy atom. The number of aliphatic hydroxyl groups excluding tert-OH is 9. The van der Waals surface area contributed by atoms with E-state index in [9.17, 15) is 46.0 Å². The third-order valence-corrected chi connectivity index (χ3v) is 6.27. The summed E-state index contributed by atoms with van der Waals surface area (Å²) < 4.78 is 32.9. The second kappa shape index (κ2) is 11.6. The fourth-order valence-corrected chi connectivity index (χ4v) is 4.15. The summed E-state index contributed by atoms with van der Waals surface area (Å²) in [5, 5.41) is 90.4. The van der Waals surface area contributed by atoms with Gasteiger partial charge in [-0.25, -0.2) is 0 Å². The van der Waals surface area contributed by atoms with Gasteiger partial charge in [0.15, 0.2) is 18.9 Å². The number of aliphatic hydroxyl groups is 9. The van der Waals surface area contributed by atoms with Crippen LogP contribution in [0.5, 0.6) is 0 Å². The summed E-state index contributed by atoms with van der Waals surface area (Å²) in [4.78, 5) is 0. The molecule has 0 aliphatic carbocycles. The molecule has 0 bridgehead atoms. The molecule has 15 heteroatoms. The smallest absolute Gasteiger partial charge is 0.187 e. The molecule has 0 aromatic heterocycles. The van der Waals surface area contributed by atoms with Crippen molar-refractivity contribution in [2.24, 2.45) is 0 Å². The fraction of sp³-hybridized carbons (Fsp3) is 1.00. The van der Waals surface area contributed by atoms with Crippen LogP contribution in [0.25, 0.3) is 0 Å². The van der Waals surface area contributed by atoms with Gasteiger partial charge in [0, 0.05) is 7.11 Å². The van der Waals surface area contributed by atoms with E-state index in [1.165, 1.54) is 14.0 Å². The zero-order chi connectivity index (χ0) is 25.3. The molecule has 200 valence electrons. The molecular formula is C19H34O15. The maximum absolute atomic E-state index is 10.8. The van der Waals surface area contributed by atoms with Crippen molar-refractivity contribution < 1.29 is 74.4 Å². The first kappa shape index (κ1) is 28.0. The van der Waals surface area contributed by atoms with Crippen molar-refractivity contribution in [2.45, 2.75) is 99.0 Å². The minimum atomic E-state index is -1.81. The predicted molar refractivity (Wildman–Crippen MR) is 105 cm³/mol. The first-order valence-corrected chi connectivity index (χ1v) is 10.8. The maximum atomic E-state index is 10.8. The summed E-state index contributed by atoms with van der Waals surface area (Å²) in [5.41, 5.74) is 0. The van der Waals surface area contributed by atoms with E-state index >= 15 is 0 Å². The molecule has 15 nitrogen and oxygen atoms in total. The lowest BCUT2D eigenvalue weighted by Gasteiger charge is -2.48. The normalized spacial score (nSPS) is 52.5. The van der Waals surface area contributed by atoms with Crippen LogP contribution in [-0.4, -0.2) is 158 Å². The van der Waals surface area contributed by atoms with Crippen molar-refractivity contribution >= 4 is 0 Å². The summed E-state index contributed by atoms with van der Waals surface area (Å²) in [6, 6.07) is 0. The summed E-state index contributed by atoms with van der Waals surface area (Å²) >= 11 is 0. The van der Waals surface area contributed by atoms with Crippen LogP contribution in [0.3, 0.4) is 0 Å². The molecule has 3 saturated heterocycles. The summed E-state index contributed by atoms with van der Waals surface area (Å²) in [5.74, 6) is 0. The highest BCUT2D eigenvalue weighted by molar-refractivity contribution is 4.96. The van der Waals surface area contributed by atoms with Crippen LogP contribution in [-0.2, 0) is 28.4 Å². The molecule has 15 atom stereocenters. The average molecular weight is 502 g/mol. The molecule has 0 radical (unpaired) electrons. The Morgan fingerprint density at radius 3 is 1.59 bits per heavy atom. The second-order valence-electron chi connectivity index (χ2n) is 8.53. The van der Waals surface area contributed by atoms with Gasteiger partial charge < -0.3 is 74.4 Å². The molecule has 3 aliphatic rings. The quantitative estimate of drug-likeness (QED) is 0.157. The first-order valence-electron chi connectivity index (χ1n) is 10.8. The minimum Gasteiger partial charge on any atom is -0.394 e. The molecule has 9 N–H and O–H groups in total. The highest BCUT2D eigenvalue weighted by atomic mass is 16.8. The van der Waals surface area contributed by atoms with Crippen molar-refractivity contribution in [3.63, 3.8) is 0 Å². The molecular weight excluding hydrogens is 468 g/mol. The Bertz CT molecular complexity index is 639. The maximum Gasteiger partial charge on any atom is 0.187 e. The van der Waals surface area contributed by atoms with Gasteiger partial charge in [-0.15, -0.1) is 0 Å². The zero-order valence-corrected chi connectivity index (χ0v) is 18.5. The van der Waals surface area contributed by atoms with Gasteiger partial charge in [0.05, 0.1) is 19.3 Å². The van der Waals surface area contributed by atoms with Crippen LogP contribution in [0.4, 0.5) is 0 Å². The van der Waals surface area contributed by atoms with Crippen LogP contribution in [0, 0.1) is 0 Å². The molecule has 3 rings (SSSR count). The van der Waals surface area contributed by atoms with Crippen LogP contribution < -0.4 is 0 Å². The lowest BCUT2D eigenvalue weighted by Crippen LogP contribution is -2.66. The number of methoxy groups -OCH3 is 1. The molecule has 34 heavy (non-hydrogen) atoms. The van der Waals surface area contributed by atoms with E-state index in [0.29, 0.717) is 0 Å². The molecule has 0 amide bonds. The van der Waals surface area contributed by atoms with E-state index in [1.54, 1.807) is 0 Å². The second-order valence-corrected chi connectivity index (χ2v) is 8.53. The molecule has 3 heterocycles. The van der Waals surface area contributed by atoms with Gasteiger partial charge >= 0.3 is 0 Å². The third-order valence-electron chi connectivity index (χ3n) is 6.27. The summed E-state index contributed by atoms with van der Waals surface area (Å²) in [6.07, 6.45) is -22.6. The van der Waals surface area contributed by atoms with Crippen molar-refractivity contribution in [1.29, 1.82) is 0 Å². The van der Waals surface area contributed by atoms with Gasteiger partial charge in [-0.1, -0.05) is 0 Å². The van der Waals surface area contributed by atoms with Crippen molar-refractivity contribution in [2.75, 3.05) is 20.3 Å². The number of ether oxygens (including phenoxy) is 6. The van der Waals surface area contributed by atoms with Crippen LogP contribution in [0.2, 0.25) is 0 Å². The van der Waals surface area contributed by atoms with Crippen LogP contribution in [0.1, 0.15) is 6.92 Å². The Kier molecular flexibility index (Phi) is 9.57. The minimum absolute atomic E-state index is 0.674. The van der Waals surface area contributed by atoms with Gasteiger partial charge in [-0.2, -0.15) is 0 Å². The molecule has 3 fully saturated rings. The summed E-state index contributed by atoms with van der Waals surface area (Å²) in [7, 11) is 1.22. The molecule has 0 saturated carbocycles. The lowest BCUT2D eigenvalue weighted by atomic mass is 9.96. The monoisotopic (exact) mass is 502 g/mol. The van der Waals surface area contributed by atoms with Gasteiger partial charge in [0.2, 0.25) is 0 Å². The van der Waals surface area contributed by atoms with E-state index in [-0.39, 0.29) is 0 Å². The molecule has 0 unspecified atom stereocenters. The highest BCUT2D eigenvalue weighted by Gasteiger charge is 2.54. The molecule has 0 aromatic carbocycles. The highest BCUT2D eigenvalue weighted by Crippen LogP contribution is 2.33. The predicted octanol–water partition coefficient (Wildman–Crippen LogP) is -5.89. The van der Waals surface area contributed by atoms with Crippen molar-refractivity contribution in [3.8, 4) is 0 Å². The van der Waals surface area contributed by atoms with Crippen molar-refractivity contribution in [1.82, 2.24) is 0 Å². The third kappa shape index (κ3) is 5.39. The Labute approximate surface area is 194 Å². The van der Waals surface area contributed by atoms with Gasteiger partial charge in [0.25, 0.3) is 0 Å². The van der Waals surface area contributed by atoms with E-state index in [0.717, 1.165) is 0 Å². The van der Waals surface area contributed by atoms with E-state index in [1.807, 2.05) is 0 Å². The molecule has 3 aliphatic heterocycles. The van der Waals surface area contributed by atoms with Gasteiger partial charge in [0.1, 0.15) is 67.1 Å². The Morgan fingerprint density at radius 2 is 1.03 bits per heavy atom. The molecule has 0 aromatic rings. The number of hydrogen-bond donors (Lipinski definition) is 9. The Balaban J connectivity index is 1.86. The Hall–Kier alpha value is -0.600. The van der Waals surface area contributed by atoms with Crippen LogP contribution in [0.15, 0.2) is 0 Å². The lowest BCUT2D eigenvalue weighted by molar-refractivity contribution is -0.388. The summed E-state index contributed by atoms with van der Waals surface area (Å²) in [6.45, 7) is 0.0356. The number of hydrogen-bond acceptors (Lipinski definition) is 15. The first-order chi connectivity index (χ1) is 16.0. The fourth-order valence-electron chi connectivity index (χ4n) is 4.15. The molecule has 0 spiro atoms. The topological polar surface area (TPSA) is 237 Å². The van der Waals surface area contributed by atoms with E-state index < -0.39 is 105 Å². The standard InChI is InChI=1S/C19H34O15/c1-5-8(22)11(25)13(27)17(30-5)34-16-15(10(24)7(4-21)32-19(16)29-2)33-18-14(28)12(26)9(23)6(3-20)31-18/h5-28H,3-4H2,1-2H3/t5-,6+,7+,8-,9-,10+,11+,12-,13+,14+,15-,16+,17-,18-,19+/m0/s1. The zero-order valence-electron chi connectivity index (χ0n) is 18.5. The largest absolute Gasteiger partial charge is 0.394 e. The van der Waals surface area contributed by atoms with Crippen LogP contribution >= 0.6 is 0 Å². The SMILES string of the molecule is CO[C@@H]1O[C@H](CO)[C@@H](O)[C@H](O[C@@H]2O[C@H](CO)[C@H](O)[C@H](O)[C@H]2O)[C@H]1O[C@@H]1O[C@@H](C)[C@H](O)[C@@H](O)[C@H]1O. The van der Waals surface area contributed by atoms with Gasteiger partial charge in [-0.3, -0.25) is 0 Å². The van der Waals surface area contributed by atoms with Gasteiger partial charge in [-0.05, 0) is 6.92 Å². The van der Waals surface area contributed by atoms with E-state index in [2.05, 4.69) is 0 Å². The van der Waals surface area contributed by atoms with Crippen molar-refractivity contribution in [3.05, 3.63) is 0 Å².